The average Bonchev–Trinajstić information content (AvgIpc) is 3.25. The van der Waals surface area contributed by atoms with Crippen molar-refractivity contribution in [3.63, 3.8) is 0 Å². The van der Waals surface area contributed by atoms with Crippen LogP contribution in [0.15, 0.2) is 52.0 Å². The minimum atomic E-state index is -3.72. The number of hydrogen-bond acceptors (Lipinski definition) is 8. The van der Waals surface area contributed by atoms with E-state index in [1.54, 1.807) is 30.6 Å². The number of aromatic nitrogens is 3. The van der Waals surface area contributed by atoms with E-state index in [0.717, 1.165) is 22.3 Å². The van der Waals surface area contributed by atoms with Crippen molar-refractivity contribution in [2.24, 2.45) is 0 Å². The molecule has 0 fully saturated rings. The second-order valence-corrected chi connectivity index (χ2v) is 10.7. The van der Waals surface area contributed by atoms with Crippen molar-refractivity contribution >= 4 is 49.8 Å². The Morgan fingerprint density at radius 2 is 1.84 bits per heavy atom. The number of amides is 1. The van der Waals surface area contributed by atoms with Crippen LogP contribution in [0.3, 0.4) is 0 Å². The third-order valence-electron chi connectivity index (χ3n) is 4.39. The van der Waals surface area contributed by atoms with Gasteiger partial charge in [-0.15, -0.1) is 11.3 Å². The van der Waals surface area contributed by atoms with Crippen LogP contribution in [0.25, 0.3) is 0 Å². The predicted octanol–water partition coefficient (Wildman–Crippen LogP) is 4.28. The van der Waals surface area contributed by atoms with E-state index in [1.807, 2.05) is 19.9 Å². The van der Waals surface area contributed by atoms with Crippen molar-refractivity contribution < 1.29 is 13.2 Å². The fourth-order valence-corrected chi connectivity index (χ4v) is 6.21. The summed E-state index contributed by atoms with van der Waals surface area (Å²) in [6.07, 6.45) is 2.61. The fourth-order valence-electron chi connectivity index (χ4n) is 2.96. The summed E-state index contributed by atoms with van der Waals surface area (Å²) in [6, 6.07) is 8.10. The van der Waals surface area contributed by atoms with Gasteiger partial charge in [0.05, 0.1) is 4.90 Å². The third kappa shape index (κ3) is 6.27. The summed E-state index contributed by atoms with van der Waals surface area (Å²) >= 11 is 2.79. The van der Waals surface area contributed by atoms with Gasteiger partial charge in [-0.1, -0.05) is 11.8 Å². The van der Waals surface area contributed by atoms with Gasteiger partial charge in [-0.25, -0.2) is 27.7 Å². The highest BCUT2D eigenvalue weighted by Gasteiger charge is 2.25. The maximum absolute atomic E-state index is 12.9. The van der Waals surface area contributed by atoms with Crippen LogP contribution >= 0.6 is 23.1 Å². The minimum Gasteiger partial charge on any atom is -0.326 e. The molecule has 2 aromatic heterocycles. The molecular formula is C21H25N5O3S3. The van der Waals surface area contributed by atoms with Crippen LogP contribution in [-0.4, -0.2) is 41.6 Å². The van der Waals surface area contributed by atoms with Crippen LogP contribution in [-0.2, 0) is 14.8 Å². The summed E-state index contributed by atoms with van der Waals surface area (Å²) in [6.45, 7) is 5.90. The molecule has 8 nitrogen and oxygen atoms in total. The molecule has 1 N–H and O–H groups in total. The van der Waals surface area contributed by atoms with Gasteiger partial charge in [0.15, 0.2) is 10.3 Å². The first-order valence-electron chi connectivity index (χ1n) is 10.1. The molecule has 2 heterocycles. The Balaban J connectivity index is 1.52. The van der Waals surface area contributed by atoms with Crippen molar-refractivity contribution in [2.75, 3.05) is 21.9 Å². The van der Waals surface area contributed by atoms with Crippen molar-refractivity contribution in [2.45, 2.75) is 43.7 Å². The van der Waals surface area contributed by atoms with Crippen LogP contribution in [0.4, 0.5) is 10.8 Å². The highest BCUT2D eigenvalue weighted by Crippen LogP contribution is 2.26. The number of sulfonamides is 1. The number of thiazole rings is 1. The van der Waals surface area contributed by atoms with Gasteiger partial charge in [-0.3, -0.25) is 4.79 Å². The van der Waals surface area contributed by atoms with Crippen LogP contribution in [0.2, 0.25) is 0 Å². The van der Waals surface area contributed by atoms with Gasteiger partial charge in [0.1, 0.15) is 0 Å². The second kappa shape index (κ2) is 10.9. The SMILES string of the molecule is CCN(c1nccs1)S(=O)(=O)c1ccc(NC(=O)CCCSc2nc(C)cc(C)n2)cc1. The van der Waals surface area contributed by atoms with Crippen molar-refractivity contribution in [1.29, 1.82) is 0 Å². The first-order valence-corrected chi connectivity index (χ1v) is 13.4. The van der Waals surface area contributed by atoms with Crippen LogP contribution in [0.1, 0.15) is 31.2 Å². The van der Waals surface area contributed by atoms with Gasteiger partial charge in [0.25, 0.3) is 10.0 Å². The first-order chi connectivity index (χ1) is 15.3. The number of carbonyl (C=O) groups excluding carboxylic acids is 1. The monoisotopic (exact) mass is 491 g/mol. The molecule has 0 aliphatic rings. The molecule has 0 saturated carbocycles. The molecular weight excluding hydrogens is 466 g/mol. The van der Waals surface area contributed by atoms with Gasteiger partial charge < -0.3 is 5.32 Å². The highest BCUT2D eigenvalue weighted by molar-refractivity contribution is 7.99. The maximum Gasteiger partial charge on any atom is 0.266 e. The van der Waals surface area contributed by atoms with Crippen LogP contribution in [0.5, 0.6) is 0 Å². The molecule has 3 aromatic rings. The molecule has 0 aliphatic carbocycles. The minimum absolute atomic E-state index is 0.125. The van der Waals surface area contributed by atoms with Crippen molar-refractivity contribution in [3.8, 4) is 0 Å². The molecule has 0 radical (unpaired) electrons. The van der Waals surface area contributed by atoms with Crippen molar-refractivity contribution in [3.05, 3.63) is 53.3 Å². The molecule has 3 rings (SSSR count). The lowest BCUT2D eigenvalue weighted by atomic mass is 10.3. The van der Waals surface area contributed by atoms with E-state index < -0.39 is 10.0 Å². The van der Waals surface area contributed by atoms with E-state index >= 15 is 0 Å². The smallest absolute Gasteiger partial charge is 0.266 e. The molecule has 170 valence electrons. The van der Waals surface area contributed by atoms with E-state index in [2.05, 4.69) is 20.3 Å². The number of aryl methyl sites for hydroxylation is 2. The van der Waals surface area contributed by atoms with E-state index in [0.29, 0.717) is 23.7 Å². The Morgan fingerprint density at radius 1 is 1.16 bits per heavy atom. The maximum atomic E-state index is 12.9. The number of thioether (sulfide) groups is 1. The Kier molecular flexibility index (Phi) is 8.21. The number of benzene rings is 1. The Labute approximate surface area is 196 Å². The van der Waals surface area contributed by atoms with Crippen LogP contribution in [0, 0.1) is 13.8 Å². The molecule has 0 saturated heterocycles. The Hall–Kier alpha value is -2.50. The van der Waals surface area contributed by atoms with Gasteiger partial charge in [-0.05, 0) is 57.5 Å². The largest absolute Gasteiger partial charge is 0.326 e. The molecule has 32 heavy (non-hydrogen) atoms. The fraction of sp³-hybridized carbons (Fsp3) is 0.333. The number of nitrogens with zero attached hydrogens (tertiary/aromatic N) is 4. The Morgan fingerprint density at radius 3 is 2.44 bits per heavy atom. The number of anilines is 2. The Bertz CT molecular complexity index is 1130. The summed E-state index contributed by atoms with van der Waals surface area (Å²) in [5.41, 5.74) is 2.41. The van der Waals surface area contributed by atoms with Crippen molar-refractivity contribution in [1.82, 2.24) is 15.0 Å². The molecule has 11 heteroatoms. The normalized spacial score (nSPS) is 11.3. The second-order valence-electron chi connectivity index (χ2n) is 6.94. The summed E-state index contributed by atoms with van der Waals surface area (Å²) in [5.74, 6) is 0.609. The molecule has 1 amide bonds. The third-order valence-corrected chi connectivity index (χ3v) is 8.11. The lowest BCUT2D eigenvalue weighted by molar-refractivity contribution is -0.116. The number of nitrogens with one attached hydrogen (secondary N) is 1. The van der Waals surface area contributed by atoms with E-state index in [-0.39, 0.29) is 17.3 Å². The zero-order chi connectivity index (χ0) is 23.1. The number of hydrogen-bond donors (Lipinski definition) is 1. The lowest BCUT2D eigenvalue weighted by Crippen LogP contribution is -2.30. The molecule has 0 spiro atoms. The van der Waals surface area contributed by atoms with E-state index in [1.165, 1.54) is 39.5 Å². The zero-order valence-electron chi connectivity index (χ0n) is 18.1. The average molecular weight is 492 g/mol. The van der Waals surface area contributed by atoms with Gasteiger partial charge >= 0.3 is 0 Å². The van der Waals surface area contributed by atoms with Gasteiger partial charge in [0.2, 0.25) is 5.91 Å². The molecule has 1 aromatic carbocycles. The number of carbonyl (C=O) groups is 1. The summed E-state index contributed by atoms with van der Waals surface area (Å²) < 4.78 is 27.1. The standard InChI is InChI=1S/C21H25N5O3S3/c1-4-26(21-22-11-13-31-21)32(28,29)18-9-7-17(8-10-18)25-19(27)6-5-12-30-20-23-15(2)14-16(3)24-20/h7-11,13-14H,4-6,12H2,1-3H3,(H,25,27). The topological polar surface area (TPSA) is 105 Å². The summed E-state index contributed by atoms with van der Waals surface area (Å²) in [4.78, 5) is 25.2. The highest BCUT2D eigenvalue weighted by atomic mass is 32.2. The zero-order valence-corrected chi connectivity index (χ0v) is 20.6. The molecule has 0 aliphatic heterocycles. The summed E-state index contributed by atoms with van der Waals surface area (Å²) in [7, 11) is -3.72. The molecule has 0 atom stereocenters. The van der Waals surface area contributed by atoms with E-state index in [9.17, 15) is 13.2 Å². The lowest BCUT2D eigenvalue weighted by Gasteiger charge is -2.19. The number of rotatable bonds is 10. The quantitative estimate of drug-likeness (QED) is 0.256. The predicted molar refractivity (Wildman–Crippen MR) is 129 cm³/mol. The molecule has 0 unspecified atom stereocenters. The van der Waals surface area contributed by atoms with E-state index in [4.69, 9.17) is 0 Å². The van der Waals surface area contributed by atoms with Crippen LogP contribution < -0.4 is 9.62 Å². The van der Waals surface area contributed by atoms with Gasteiger partial charge in [0, 0.05) is 47.4 Å². The first kappa shape index (κ1) is 24.1. The molecule has 0 bridgehead atoms. The summed E-state index contributed by atoms with van der Waals surface area (Å²) in [5, 5.41) is 5.69. The van der Waals surface area contributed by atoms with Gasteiger partial charge in [-0.2, -0.15) is 0 Å².